The van der Waals surface area contributed by atoms with Crippen LogP contribution in [0.15, 0.2) is 53.0 Å². The van der Waals surface area contributed by atoms with E-state index in [-0.39, 0.29) is 18.2 Å². The zero-order valence-corrected chi connectivity index (χ0v) is 21.9. The molecule has 1 saturated heterocycles. The molecule has 0 spiro atoms. The van der Waals surface area contributed by atoms with Gasteiger partial charge in [0.15, 0.2) is 0 Å². The van der Waals surface area contributed by atoms with Crippen molar-refractivity contribution in [2.24, 2.45) is 0 Å². The van der Waals surface area contributed by atoms with E-state index in [4.69, 9.17) is 9.47 Å². The van der Waals surface area contributed by atoms with Gasteiger partial charge in [0.1, 0.15) is 17.5 Å². The number of piperidine rings is 1. The Bertz CT molecular complexity index is 970. The molecule has 0 atom stereocenters. The monoisotopic (exact) mass is 531 g/mol. The first-order chi connectivity index (χ1) is 16.1. The Morgan fingerprint density at radius 1 is 1.12 bits per heavy atom. The molecule has 0 saturated carbocycles. The van der Waals surface area contributed by atoms with Gasteiger partial charge < -0.3 is 24.6 Å². The van der Waals surface area contributed by atoms with Crippen LogP contribution in [0.2, 0.25) is 0 Å². The highest BCUT2D eigenvalue weighted by Gasteiger charge is 2.28. The van der Waals surface area contributed by atoms with E-state index in [1.165, 1.54) is 0 Å². The number of nitrogens with one attached hydrogen (secondary N) is 1. The van der Waals surface area contributed by atoms with Gasteiger partial charge in [-0.1, -0.05) is 46.3 Å². The molecule has 0 radical (unpaired) electrons. The van der Waals surface area contributed by atoms with Crippen LogP contribution in [0.4, 0.5) is 15.3 Å². The minimum absolute atomic E-state index is 0.0600. The van der Waals surface area contributed by atoms with Crippen LogP contribution >= 0.6 is 15.9 Å². The molecule has 3 amide bonds. The summed E-state index contributed by atoms with van der Waals surface area (Å²) >= 11 is 3.50. The molecule has 1 heterocycles. The van der Waals surface area contributed by atoms with E-state index in [9.17, 15) is 9.59 Å². The summed E-state index contributed by atoms with van der Waals surface area (Å²) in [5.41, 5.74) is 1.18. The number of carbonyl (C=O) groups is 2. The van der Waals surface area contributed by atoms with Crippen molar-refractivity contribution in [3.05, 3.63) is 58.6 Å². The fourth-order valence-corrected chi connectivity index (χ4v) is 4.02. The standard InChI is InChI=1S/C26H34BrN3O4/c1-5-29(18-19-9-7-6-8-10-19)24(31)28-22-12-11-20(27)17-23(22)33-21-13-15-30(16-14-21)25(32)34-26(2,3)4/h6-12,17,21H,5,13-16,18H2,1-4H3,(H,28,31). The van der Waals surface area contributed by atoms with Gasteiger partial charge in [0, 0.05) is 43.5 Å². The van der Waals surface area contributed by atoms with Crippen molar-refractivity contribution in [1.29, 1.82) is 0 Å². The molecule has 1 N–H and O–H groups in total. The van der Waals surface area contributed by atoms with Gasteiger partial charge >= 0.3 is 12.1 Å². The molecule has 1 fully saturated rings. The SMILES string of the molecule is CCN(Cc1ccccc1)C(=O)Nc1ccc(Br)cc1OC1CCN(C(=O)OC(C)(C)C)CC1. The van der Waals surface area contributed by atoms with Crippen molar-refractivity contribution in [2.75, 3.05) is 25.0 Å². The van der Waals surface area contributed by atoms with E-state index in [2.05, 4.69) is 21.2 Å². The third-order valence-electron chi connectivity index (χ3n) is 5.46. The van der Waals surface area contributed by atoms with Crippen molar-refractivity contribution >= 4 is 33.7 Å². The van der Waals surface area contributed by atoms with Gasteiger partial charge in [-0.2, -0.15) is 0 Å². The highest BCUT2D eigenvalue weighted by Crippen LogP contribution is 2.31. The average molecular weight is 532 g/mol. The molecule has 2 aromatic carbocycles. The van der Waals surface area contributed by atoms with Crippen LogP contribution in [0.25, 0.3) is 0 Å². The lowest BCUT2D eigenvalue weighted by Gasteiger charge is -2.33. The molecule has 7 nitrogen and oxygen atoms in total. The van der Waals surface area contributed by atoms with Crippen molar-refractivity contribution < 1.29 is 19.1 Å². The molecular weight excluding hydrogens is 498 g/mol. The molecule has 1 aliphatic rings. The molecular formula is C26H34BrN3O4. The zero-order chi connectivity index (χ0) is 24.7. The molecule has 34 heavy (non-hydrogen) atoms. The van der Waals surface area contributed by atoms with Crippen molar-refractivity contribution in [3.8, 4) is 5.75 Å². The summed E-state index contributed by atoms with van der Waals surface area (Å²) in [6.07, 6.45) is 1.03. The summed E-state index contributed by atoms with van der Waals surface area (Å²) in [6, 6.07) is 15.3. The highest BCUT2D eigenvalue weighted by atomic mass is 79.9. The van der Waals surface area contributed by atoms with Crippen LogP contribution in [0, 0.1) is 0 Å². The molecule has 0 aromatic heterocycles. The fraction of sp³-hybridized carbons (Fsp3) is 0.462. The number of anilines is 1. The average Bonchev–Trinajstić information content (AvgIpc) is 2.79. The third-order valence-corrected chi connectivity index (χ3v) is 5.95. The van der Waals surface area contributed by atoms with Gasteiger partial charge in [-0.3, -0.25) is 0 Å². The Kier molecular flexibility index (Phi) is 8.83. The minimum Gasteiger partial charge on any atom is -0.488 e. The summed E-state index contributed by atoms with van der Waals surface area (Å²) in [6.45, 7) is 9.79. The van der Waals surface area contributed by atoms with Crippen molar-refractivity contribution in [2.45, 2.75) is 58.8 Å². The number of likely N-dealkylation sites (tertiary alicyclic amines) is 1. The second-order valence-electron chi connectivity index (χ2n) is 9.36. The van der Waals surface area contributed by atoms with E-state index in [1.807, 2.05) is 76.2 Å². The molecule has 0 bridgehead atoms. The van der Waals surface area contributed by atoms with E-state index in [0.29, 0.717) is 50.5 Å². The quantitative estimate of drug-likeness (QED) is 0.475. The van der Waals surface area contributed by atoms with E-state index in [1.54, 1.807) is 9.80 Å². The van der Waals surface area contributed by atoms with Crippen LogP contribution in [-0.2, 0) is 11.3 Å². The lowest BCUT2D eigenvalue weighted by atomic mass is 10.1. The smallest absolute Gasteiger partial charge is 0.410 e. The predicted octanol–water partition coefficient (Wildman–Crippen LogP) is 6.28. The summed E-state index contributed by atoms with van der Waals surface area (Å²) in [4.78, 5) is 28.8. The zero-order valence-electron chi connectivity index (χ0n) is 20.3. The van der Waals surface area contributed by atoms with Crippen molar-refractivity contribution in [3.63, 3.8) is 0 Å². The molecule has 1 aliphatic heterocycles. The first-order valence-corrected chi connectivity index (χ1v) is 12.5. The molecule has 0 unspecified atom stereocenters. The van der Waals surface area contributed by atoms with Gasteiger partial charge in [-0.05, 0) is 51.5 Å². The number of halogens is 1. The number of amides is 3. The maximum atomic E-state index is 13.0. The first-order valence-electron chi connectivity index (χ1n) is 11.7. The summed E-state index contributed by atoms with van der Waals surface area (Å²) < 4.78 is 12.6. The van der Waals surface area contributed by atoms with Gasteiger partial charge in [0.2, 0.25) is 0 Å². The van der Waals surface area contributed by atoms with E-state index < -0.39 is 5.60 Å². The molecule has 8 heteroatoms. The van der Waals surface area contributed by atoms with Crippen molar-refractivity contribution in [1.82, 2.24) is 9.80 Å². The lowest BCUT2D eigenvalue weighted by molar-refractivity contribution is 0.0127. The Labute approximate surface area is 210 Å². The first kappa shape index (κ1) is 25.9. The lowest BCUT2D eigenvalue weighted by Crippen LogP contribution is -2.44. The van der Waals surface area contributed by atoms with Gasteiger partial charge in [-0.15, -0.1) is 0 Å². The van der Waals surface area contributed by atoms with E-state index in [0.717, 1.165) is 10.0 Å². The second kappa shape index (κ2) is 11.6. The number of benzene rings is 2. The summed E-state index contributed by atoms with van der Waals surface area (Å²) in [5, 5.41) is 3.01. The molecule has 184 valence electrons. The number of hydrogen-bond donors (Lipinski definition) is 1. The number of ether oxygens (including phenoxy) is 2. The van der Waals surface area contributed by atoms with Crippen LogP contribution < -0.4 is 10.1 Å². The number of carbonyl (C=O) groups excluding carboxylic acids is 2. The maximum Gasteiger partial charge on any atom is 0.410 e. The summed E-state index contributed by atoms with van der Waals surface area (Å²) in [5.74, 6) is 0.606. The number of rotatable bonds is 6. The number of urea groups is 1. The molecule has 0 aliphatic carbocycles. The van der Waals surface area contributed by atoms with Crippen LogP contribution in [0.5, 0.6) is 5.75 Å². The topological polar surface area (TPSA) is 71.1 Å². The Hall–Kier alpha value is -2.74. The largest absolute Gasteiger partial charge is 0.488 e. The number of hydrogen-bond acceptors (Lipinski definition) is 4. The summed E-state index contributed by atoms with van der Waals surface area (Å²) in [7, 11) is 0. The minimum atomic E-state index is -0.513. The van der Waals surface area contributed by atoms with Crippen LogP contribution in [-0.4, -0.2) is 53.3 Å². The molecule has 2 aromatic rings. The Balaban J connectivity index is 1.62. The molecule has 3 rings (SSSR count). The highest BCUT2D eigenvalue weighted by molar-refractivity contribution is 9.10. The normalized spacial score (nSPS) is 14.4. The van der Waals surface area contributed by atoms with Gasteiger partial charge in [-0.25, -0.2) is 9.59 Å². The third kappa shape index (κ3) is 7.65. The van der Waals surface area contributed by atoms with E-state index >= 15 is 0 Å². The van der Waals surface area contributed by atoms with Crippen LogP contribution in [0.1, 0.15) is 46.1 Å². The van der Waals surface area contributed by atoms with Crippen LogP contribution in [0.3, 0.4) is 0 Å². The van der Waals surface area contributed by atoms with Gasteiger partial charge in [0.05, 0.1) is 5.69 Å². The second-order valence-corrected chi connectivity index (χ2v) is 10.3. The number of nitrogens with zero attached hydrogens (tertiary/aromatic N) is 2. The fourth-order valence-electron chi connectivity index (χ4n) is 3.68. The Morgan fingerprint density at radius 3 is 2.41 bits per heavy atom. The van der Waals surface area contributed by atoms with Gasteiger partial charge in [0.25, 0.3) is 0 Å². The maximum absolute atomic E-state index is 13.0. The Morgan fingerprint density at radius 2 is 1.79 bits per heavy atom. The predicted molar refractivity (Wildman–Crippen MR) is 137 cm³/mol.